The summed E-state index contributed by atoms with van der Waals surface area (Å²) in [5.74, 6) is 0.484. The third kappa shape index (κ3) is 10.9. The minimum atomic E-state index is -0.103. The van der Waals surface area contributed by atoms with Crippen molar-refractivity contribution in [2.24, 2.45) is 11.8 Å². The van der Waals surface area contributed by atoms with Crippen molar-refractivity contribution in [2.45, 2.75) is 62.2 Å². The molecule has 0 aromatic heterocycles. The molecule has 8 heteroatoms. The molecule has 0 spiro atoms. The summed E-state index contributed by atoms with van der Waals surface area (Å²) in [6.07, 6.45) is 5.41. The van der Waals surface area contributed by atoms with Crippen molar-refractivity contribution < 1.29 is 19.8 Å². The van der Waals surface area contributed by atoms with Crippen molar-refractivity contribution in [1.82, 2.24) is 10.6 Å². The largest absolute Gasteiger partial charge is 0.396 e. The second kappa shape index (κ2) is 17.5. The van der Waals surface area contributed by atoms with E-state index in [9.17, 15) is 9.59 Å². The normalized spacial score (nSPS) is 12.7. The fourth-order valence-corrected chi connectivity index (χ4v) is 6.04. The first kappa shape index (κ1) is 30.2. The zero-order valence-electron chi connectivity index (χ0n) is 21.4. The molecule has 0 heterocycles. The Kier molecular flexibility index (Phi) is 14.7. The van der Waals surface area contributed by atoms with Crippen molar-refractivity contribution in [2.75, 3.05) is 26.3 Å². The average molecular weight is 533 g/mol. The van der Waals surface area contributed by atoms with Crippen LogP contribution in [-0.2, 0) is 0 Å². The van der Waals surface area contributed by atoms with Crippen molar-refractivity contribution >= 4 is 33.4 Å². The highest BCUT2D eigenvalue weighted by Gasteiger charge is 2.16. The number of nitrogens with one attached hydrogen (secondary N) is 2. The highest BCUT2D eigenvalue weighted by Crippen LogP contribution is 2.40. The summed E-state index contributed by atoms with van der Waals surface area (Å²) in [6, 6.07) is 15.0. The molecule has 2 unspecified atom stereocenters. The molecular formula is C28H40N2O4S2. The predicted octanol–water partition coefficient (Wildman–Crippen LogP) is 5.54. The van der Waals surface area contributed by atoms with Crippen LogP contribution in [0.4, 0.5) is 0 Å². The van der Waals surface area contributed by atoms with E-state index in [-0.39, 0.29) is 25.0 Å². The molecule has 6 nitrogen and oxygen atoms in total. The molecule has 0 saturated carbocycles. The SMILES string of the molecule is CC(CCCCO)CNC(=O)c1ccccc1SSc1ccccc1C(=O)NCC(C)CCCCO. The number of aliphatic hydroxyl groups excluding tert-OH is 2. The monoisotopic (exact) mass is 532 g/mol. The average Bonchev–Trinajstić information content (AvgIpc) is 2.89. The van der Waals surface area contributed by atoms with Gasteiger partial charge in [-0.3, -0.25) is 9.59 Å². The highest BCUT2D eigenvalue weighted by molar-refractivity contribution is 8.76. The van der Waals surface area contributed by atoms with Gasteiger partial charge < -0.3 is 20.8 Å². The van der Waals surface area contributed by atoms with Crippen LogP contribution in [0.2, 0.25) is 0 Å². The number of aliphatic hydroxyl groups is 2. The zero-order valence-corrected chi connectivity index (χ0v) is 23.0. The lowest BCUT2D eigenvalue weighted by Crippen LogP contribution is -2.28. The van der Waals surface area contributed by atoms with Crippen LogP contribution in [0.3, 0.4) is 0 Å². The molecule has 0 saturated heterocycles. The maximum Gasteiger partial charge on any atom is 0.252 e. The molecule has 2 aromatic rings. The van der Waals surface area contributed by atoms with Crippen LogP contribution in [0.15, 0.2) is 58.3 Å². The van der Waals surface area contributed by atoms with E-state index in [0.29, 0.717) is 36.1 Å². The summed E-state index contributed by atoms with van der Waals surface area (Å²) in [7, 11) is 2.95. The number of amides is 2. The lowest BCUT2D eigenvalue weighted by atomic mass is 10.0. The van der Waals surface area contributed by atoms with E-state index in [4.69, 9.17) is 10.2 Å². The van der Waals surface area contributed by atoms with Gasteiger partial charge in [-0.2, -0.15) is 0 Å². The molecule has 2 atom stereocenters. The van der Waals surface area contributed by atoms with Crippen molar-refractivity contribution in [3.8, 4) is 0 Å². The lowest BCUT2D eigenvalue weighted by molar-refractivity contribution is 0.0936. The molecule has 198 valence electrons. The van der Waals surface area contributed by atoms with Crippen LogP contribution < -0.4 is 10.6 Å². The Bertz CT molecular complexity index is 866. The summed E-state index contributed by atoms with van der Waals surface area (Å²) in [5, 5.41) is 24.0. The summed E-state index contributed by atoms with van der Waals surface area (Å²) in [5.41, 5.74) is 1.24. The molecule has 4 N–H and O–H groups in total. The molecule has 0 aliphatic carbocycles. The van der Waals surface area contributed by atoms with Gasteiger partial charge in [-0.1, -0.05) is 72.5 Å². The number of benzene rings is 2. The second-order valence-corrected chi connectivity index (χ2v) is 11.4. The lowest BCUT2D eigenvalue weighted by Gasteiger charge is -2.15. The molecule has 36 heavy (non-hydrogen) atoms. The minimum Gasteiger partial charge on any atom is -0.396 e. The Hall–Kier alpha value is -2.00. The Labute approximate surface area is 223 Å². The topological polar surface area (TPSA) is 98.7 Å². The molecule has 2 aromatic carbocycles. The maximum atomic E-state index is 12.9. The first-order chi connectivity index (χ1) is 17.5. The van der Waals surface area contributed by atoms with E-state index >= 15 is 0 Å². The number of carbonyl (C=O) groups is 2. The number of carbonyl (C=O) groups excluding carboxylic acids is 2. The first-order valence-corrected chi connectivity index (χ1v) is 14.9. The van der Waals surface area contributed by atoms with Crippen molar-refractivity contribution in [3.63, 3.8) is 0 Å². The van der Waals surface area contributed by atoms with Crippen LogP contribution in [0.25, 0.3) is 0 Å². The number of unbranched alkanes of at least 4 members (excludes halogenated alkanes) is 2. The van der Waals surface area contributed by atoms with Gasteiger partial charge in [-0.15, -0.1) is 0 Å². The van der Waals surface area contributed by atoms with E-state index in [1.165, 1.54) is 21.6 Å². The van der Waals surface area contributed by atoms with Crippen LogP contribution >= 0.6 is 21.6 Å². The van der Waals surface area contributed by atoms with E-state index < -0.39 is 0 Å². The smallest absolute Gasteiger partial charge is 0.252 e. The summed E-state index contributed by atoms with van der Waals surface area (Å²) in [4.78, 5) is 27.5. The fraction of sp³-hybridized carbons (Fsp3) is 0.500. The van der Waals surface area contributed by atoms with Gasteiger partial charge in [0.15, 0.2) is 0 Å². The van der Waals surface area contributed by atoms with Crippen molar-refractivity contribution in [1.29, 1.82) is 0 Å². The molecule has 0 aliphatic rings. The second-order valence-electron chi connectivity index (χ2n) is 9.23. The predicted molar refractivity (Wildman–Crippen MR) is 149 cm³/mol. The molecule has 2 rings (SSSR count). The number of rotatable bonds is 17. The van der Waals surface area contributed by atoms with Gasteiger partial charge in [0.1, 0.15) is 0 Å². The molecular weight excluding hydrogens is 492 g/mol. The van der Waals surface area contributed by atoms with Gasteiger partial charge in [0.2, 0.25) is 0 Å². The van der Waals surface area contributed by atoms with Crippen LogP contribution in [0.1, 0.15) is 73.1 Å². The minimum absolute atomic E-state index is 0.103. The van der Waals surface area contributed by atoms with Gasteiger partial charge in [0.25, 0.3) is 11.8 Å². The third-order valence-corrected chi connectivity index (χ3v) is 8.40. The van der Waals surface area contributed by atoms with Gasteiger partial charge in [0.05, 0.1) is 11.1 Å². The summed E-state index contributed by atoms with van der Waals surface area (Å²) in [6.45, 7) is 5.81. The first-order valence-electron chi connectivity index (χ1n) is 12.8. The summed E-state index contributed by atoms with van der Waals surface area (Å²) >= 11 is 0. The fourth-order valence-electron chi connectivity index (χ4n) is 3.68. The molecule has 0 radical (unpaired) electrons. The maximum absolute atomic E-state index is 12.9. The Morgan fingerprint density at radius 2 is 1.08 bits per heavy atom. The Morgan fingerprint density at radius 3 is 1.47 bits per heavy atom. The quantitative estimate of drug-likeness (QED) is 0.158. The van der Waals surface area contributed by atoms with Crippen LogP contribution in [0.5, 0.6) is 0 Å². The van der Waals surface area contributed by atoms with E-state index in [2.05, 4.69) is 24.5 Å². The van der Waals surface area contributed by atoms with Gasteiger partial charge in [0, 0.05) is 36.1 Å². The van der Waals surface area contributed by atoms with Crippen LogP contribution in [0, 0.1) is 11.8 Å². The van der Waals surface area contributed by atoms with Gasteiger partial charge >= 0.3 is 0 Å². The summed E-state index contributed by atoms with van der Waals surface area (Å²) < 4.78 is 0. The van der Waals surface area contributed by atoms with Gasteiger partial charge in [-0.05, 0) is 61.8 Å². The van der Waals surface area contributed by atoms with Gasteiger partial charge in [-0.25, -0.2) is 0 Å². The molecule has 0 aliphatic heterocycles. The molecule has 2 amide bonds. The highest BCUT2D eigenvalue weighted by atomic mass is 33.1. The van der Waals surface area contributed by atoms with E-state index in [1.807, 2.05) is 48.5 Å². The standard InChI is InChI=1S/C28H40N2O4S2/c1-21(11-7-9-17-31)19-29-27(33)23-13-3-5-15-25(23)35-36-26-16-6-4-14-24(26)28(34)30-20-22(2)12-8-10-18-32/h3-6,13-16,21-22,31-32H,7-12,17-20H2,1-2H3,(H,29,33)(H,30,34). The number of hydrogen-bond acceptors (Lipinski definition) is 6. The Morgan fingerprint density at radius 1 is 0.694 bits per heavy atom. The van der Waals surface area contributed by atoms with Crippen molar-refractivity contribution in [3.05, 3.63) is 59.7 Å². The zero-order chi connectivity index (χ0) is 26.2. The molecule has 0 bridgehead atoms. The number of hydrogen-bond donors (Lipinski definition) is 4. The van der Waals surface area contributed by atoms with E-state index in [0.717, 1.165) is 48.3 Å². The third-order valence-electron chi connectivity index (χ3n) is 5.92. The van der Waals surface area contributed by atoms with E-state index in [1.54, 1.807) is 0 Å². The Balaban J connectivity index is 1.95. The molecule has 0 fully saturated rings. The van der Waals surface area contributed by atoms with Crippen LogP contribution in [-0.4, -0.2) is 48.3 Å².